The Morgan fingerprint density at radius 3 is 2.54 bits per heavy atom. The lowest BCUT2D eigenvalue weighted by Gasteiger charge is -2.24. The first kappa shape index (κ1) is 6.92. The van der Waals surface area contributed by atoms with Crippen LogP contribution in [0.5, 0.6) is 0 Å². The van der Waals surface area contributed by atoms with Crippen LogP contribution in [0.15, 0.2) is 0 Å². The Kier molecular flexibility index (Phi) is 2.82. The Balaban J connectivity index is 0.00000256. The summed E-state index contributed by atoms with van der Waals surface area (Å²) in [6, 6.07) is -1.90. The lowest BCUT2D eigenvalue weighted by molar-refractivity contribution is -0.141. The third kappa shape index (κ3) is 3.41. The van der Waals surface area contributed by atoms with E-state index in [2.05, 4.69) is 0 Å². The standard InChI is InChI=1S/C6H9NO4S.ClH/c8-5(9)3-1-2-12-4(7-3)6(10)11;/h3-4,7H,1-2H2,(H,8,9)(H,10,11);1H/t3-,4?;/m0./s1/i1D2,2D2;. The number of carboxylic acids is 2. The van der Waals surface area contributed by atoms with Crippen LogP contribution in [-0.4, -0.2) is 39.3 Å². The highest BCUT2D eigenvalue weighted by Gasteiger charge is 2.30. The average molecular weight is 232 g/mol. The highest BCUT2D eigenvalue weighted by Crippen LogP contribution is 2.18. The van der Waals surface area contributed by atoms with Gasteiger partial charge in [-0.05, 0) is 12.1 Å². The molecule has 0 aromatic rings. The van der Waals surface area contributed by atoms with Gasteiger partial charge in [-0.15, -0.1) is 24.2 Å². The monoisotopic (exact) mass is 231 g/mol. The van der Waals surface area contributed by atoms with Crippen LogP contribution in [0.3, 0.4) is 0 Å². The molecular weight excluding hydrogens is 218 g/mol. The second-order valence-corrected chi connectivity index (χ2v) is 2.93. The zero-order valence-electron chi connectivity index (χ0n) is 10.2. The summed E-state index contributed by atoms with van der Waals surface area (Å²) >= 11 is 0.209. The second-order valence-electron chi connectivity index (χ2n) is 2.02. The van der Waals surface area contributed by atoms with Crippen LogP contribution in [0.4, 0.5) is 0 Å². The summed E-state index contributed by atoms with van der Waals surface area (Å²) in [6.45, 7) is 0. The number of hydrogen-bond donors (Lipinski definition) is 3. The normalized spacial score (nSPS) is 39.7. The van der Waals surface area contributed by atoms with Crippen LogP contribution in [0.2, 0.25) is 0 Å². The largest absolute Gasteiger partial charge is 0.480 e. The van der Waals surface area contributed by atoms with E-state index in [1.54, 1.807) is 0 Å². The number of halogens is 1. The third-order valence-corrected chi connectivity index (χ3v) is 1.98. The Morgan fingerprint density at radius 2 is 2.08 bits per heavy atom. The van der Waals surface area contributed by atoms with Crippen molar-refractivity contribution in [3.63, 3.8) is 0 Å². The highest BCUT2D eigenvalue weighted by molar-refractivity contribution is 8.00. The fourth-order valence-electron chi connectivity index (χ4n) is 0.634. The van der Waals surface area contributed by atoms with Crippen molar-refractivity contribution in [3.8, 4) is 0 Å². The van der Waals surface area contributed by atoms with Gasteiger partial charge in [-0.3, -0.25) is 10.1 Å². The van der Waals surface area contributed by atoms with Crippen molar-refractivity contribution in [2.24, 2.45) is 0 Å². The fraction of sp³-hybridized carbons (Fsp3) is 0.667. The van der Waals surface area contributed by atoms with E-state index in [1.165, 1.54) is 0 Å². The number of rotatable bonds is 2. The maximum Gasteiger partial charge on any atom is 0.331 e. The van der Waals surface area contributed by atoms with Gasteiger partial charge in [-0.25, -0.2) is 4.79 Å². The van der Waals surface area contributed by atoms with Crippen molar-refractivity contribution >= 4 is 36.1 Å². The van der Waals surface area contributed by atoms with Gasteiger partial charge in [0.15, 0.2) is 5.37 Å². The lowest BCUT2D eigenvalue weighted by atomic mass is 10.2. The molecule has 76 valence electrons. The third-order valence-electron chi connectivity index (χ3n) is 1.17. The van der Waals surface area contributed by atoms with E-state index in [0.717, 1.165) is 0 Å². The molecule has 13 heavy (non-hydrogen) atoms. The van der Waals surface area contributed by atoms with E-state index >= 15 is 0 Å². The minimum Gasteiger partial charge on any atom is -0.480 e. The van der Waals surface area contributed by atoms with Gasteiger partial charge in [0.05, 0.1) is 0 Å². The van der Waals surface area contributed by atoms with Crippen LogP contribution >= 0.6 is 24.2 Å². The summed E-state index contributed by atoms with van der Waals surface area (Å²) in [4.78, 5) is 21.4. The first-order valence-electron chi connectivity index (χ1n) is 4.99. The van der Waals surface area contributed by atoms with Crippen LogP contribution in [0.25, 0.3) is 0 Å². The molecule has 1 aliphatic heterocycles. The molecule has 0 amide bonds. The predicted molar refractivity (Wildman–Crippen MR) is 50.3 cm³/mol. The average Bonchev–Trinajstić information content (AvgIpc) is 2.08. The molecule has 1 rings (SSSR count). The van der Waals surface area contributed by atoms with Gasteiger partial charge < -0.3 is 10.2 Å². The van der Waals surface area contributed by atoms with E-state index in [1.807, 2.05) is 5.32 Å². The zero-order valence-corrected chi connectivity index (χ0v) is 7.82. The Hall–Kier alpha value is -0.460. The second kappa shape index (κ2) is 5.31. The van der Waals surface area contributed by atoms with Crippen molar-refractivity contribution < 1.29 is 25.3 Å². The number of thioether (sulfide) groups is 1. The zero-order chi connectivity index (χ0) is 12.7. The summed E-state index contributed by atoms with van der Waals surface area (Å²) in [5, 5.41) is 18.0. The van der Waals surface area contributed by atoms with E-state index < -0.39 is 35.4 Å². The molecule has 7 heteroatoms. The van der Waals surface area contributed by atoms with Gasteiger partial charge in [0.25, 0.3) is 0 Å². The smallest absolute Gasteiger partial charge is 0.331 e. The van der Waals surface area contributed by atoms with Gasteiger partial charge in [0.2, 0.25) is 0 Å². The molecular formula is C6H10ClNO4S. The first-order chi connectivity index (χ1) is 7.09. The SMILES string of the molecule is Cl.[2H]C1([2H])SC(C(=O)O)N[C@H](C(=O)O)C1([2H])[2H]. The predicted octanol–water partition coefficient (Wildman–Crippen LogP) is -0.00140. The summed E-state index contributed by atoms with van der Waals surface area (Å²) < 4.78 is 29.5. The molecule has 2 atom stereocenters. The molecule has 0 radical (unpaired) electrons. The minimum atomic E-state index is -2.70. The van der Waals surface area contributed by atoms with E-state index in [0.29, 0.717) is 0 Å². The van der Waals surface area contributed by atoms with Gasteiger partial charge in [0.1, 0.15) is 6.04 Å². The molecule has 0 aromatic heterocycles. The molecule has 1 unspecified atom stereocenters. The number of carboxylic acid groups (broad SMARTS) is 2. The molecule has 5 nitrogen and oxygen atoms in total. The molecule has 1 fully saturated rings. The lowest BCUT2D eigenvalue weighted by Crippen LogP contribution is -2.49. The first-order valence-corrected chi connectivity index (χ1v) is 3.87. The van der Waals surface area contributed by atoms with E-state index in [4.69, 9.17) is 15.7 Å². The van der Waals surface area contributed by atoms with Crippen LogP contribution in [0, 0.1) is 0 Å². The summed E-state index contributed by atoms with van der Waals surface area (Å²) in [6.07, 6.45) is -2.70. The van der Waals surface area contributed by atoms with Crippen molar-refractivity contribution in [3.05, 3.63) is 0 Å². The van der Waals surface area contributed by atoms with E-state index in [9.17, 15) is 9.59 Å². The molecule has 0 aliphatic carbocycles. The van der Waals surface area contributed by atoms with Crippen molar-refractivity contribution in [2.45, 2.75) is 17.8 Å². The van der Waals surface area contributed by atoms with Crippen LogP contribution < -0.4 is 5.32 Å². The van der Waals surface area contributed by atoms with Crippen LogP contribution in [0.1, 0.15) is 11.9 Å². The molecule has 0 saturated carbocycles. The van der Waals surface area contributed by atoms with Gasteiger partial charge in [0, 0.05) is 5.48 Å². The molecule has 3 N–H and O–H groups in total. The molecule has 0 bridgehead atoms. The van der Waals surface area contributed by atoms with Crippen molar-refractivity contribution in [1.29, 1.82) is 0 Å². The van der Waals surface area contributed by atoms with Crippen molar-refractivity contribution in [2.75, 3.05) is 5.70 Å². The summed E-state index contributed by atoms with van der Waals surface area (Å²) in [5.74, 6) is -3.06. The topological polar surface area (TPSA) is 86.6 Å². The quantitative estimate of drug-likeness (QED) is 0.620. The van der Waals surface area contributed by atoms with E-state index in [-0.39, 0.29) is 24.2 Å². The number of aliphatic carboxylic acids is 2. The van der Waals surface area contributed by atoms with Gasteiger partial charge in [-0.1, -0.05) is 0 Å². The van der Waals surface area contributed by atoms with Gasteiger partial charge in [-0.2, -0.15) is 0 Å². The molecule has 1 heterocycles. The number of carbonyl (C=O) groups is 2. The molecule has 0 aromatic carbocycles. The maximum absolute atomic E-state index is 10.8. The summed E-state index contributed by atoms with van der Waals surface area (Å²) in [5.41, 5.74) is -2.59. The highest BCUT2D eigenvalue weighted by atomic mass is 35.5. The Labute approximate surface area is 90.9 Å². The number of nitrogens with one attached hydrogen (secondary N) is 1. The fourth-order valence-corrected chi connectivity index (χ4v) is 1.24. The molecule has 1 aliphatic rings. The van der Waals surface area contributed by atoms with Crippen molar-refractivity contribution in [1.82, 2.24) is 5.32 Å². The minimum absolute atomic E-state index is 0. The number of hydrogen-bond acceptors (Lipinski definition) is 4. The Bertz CT molecular complexity index is 342. The van der Waals surface area contributed by atoms with Crippen LogP contribution in [-0.2, 0) is 9.59 Å². The Morgan fingerprint density at radius 1 is 1.46 bits per heavy atom. The summed E-state index contributed by atoms with van der Waals surface area (Å²) in [7, 11) is 0. The maximum atomic E-state index is 10.8. The van der Waals surface area contributed by atoms with Gasteiger partial charge >= 0.3 is 11.9 Å². The molecule has 0 spiro atoms. The molecule has 1 saturated heterocycles.